The molecular formula is C7H13N3. The average Bonchev–Trinajstić information content (AvgIpc) is 1.96. The Morgan fingerprint density at radius 3 is 2.90 bits per heavy atom. The minimum Gasteiger partial charge on any atom is -0.400 e. The Morgan fingerprint density at radius 2 is 2.50 bits per heavy atom. The van der Waals surface area contributed by atoms with Gasteiger partial charge >= 0.3 is 0 Å². The van der Waals surface area contributed by atoms with Crippen molar-refractivity contribution in [1.29, 1.82) is 0 Å². The summed E-state index contributed by atoms with van der Waals surface area (Å²) >= 11 is 0. The van der Waals surface area contributed by atoms with E-state index in [0.29, 0.717) is 6.54 Å². The van der Waals surface area contributed by atoms with Gasteiger partial charge in [0.25, 0.3) is 0 Å². The summed E-state index contributed by atoms with van der Waals surface area (Å²) in [5, 5.41) is 0. The third kappa shape index (κ3) is 1.04. The summed E-state index contributed by atoms with van der Waals surface area (Å²) in [5.41, 5.74) is 11.9. The maximum atomic E-state index is 5.89. The van der Waals surface area contributed by atoms with E-state index in [-0.39, 0.29) is 5.54 Å². The Morgan fingerprint density at radius 1 is 1.80 bits per heavy atom. The van der Waals surface area contributed by atoms with Crippen LogP contribution in [0.25, 0.3) is 0 Å². The monoisotopic (exact) mass is 139 g/mol. The van der Waals surface area contributed by atoms with Gasteiger partial charge in [-0.15, -0.1) is 0 Å². The summed E-state index contributed by atoms with van der Waals surface area (Å²) < 4.78 is 0. The summed E-state index contributed by atoms with van der Waals surface area (Å²) in [7, 11) is 0. The highest BCUT2D eigenvalue weighted by Crippen LogP contribution is 2.15. The fraction of sp³-hybridized carbons (Fsp3) is 0.571. The van der Waals surface area contributed by atoms with E-state index in [1.807, 2.05) is 6.92 Å². The van der Waals surface area contributed by atoms with Crippen molar-refractivity contribution in [2.24, 2.45) is 16.5 Å². The molecule has 10 heavy (non-hydrogen) atoms. The van der Waals surface area contributed by atoms with Gasteiger partial charge in [0.15, 0.2) is 0 Å². The maximum absolute atomic E-state index is 5.89. The second kappa shape index (κ2) is 2.42. The molecule has 1 atom stereocenters. The minimum atomic E-state index is -0.380. The zero-order valence-electron chi connectivity index (χ0n) is 6.17. The summed E-state index contributed by atoms with van der Waals surface area (Å²) in [6.45, 7) is 2.63. The highest BCUT2D eigenvalue weighted by atomic mass is 14.9. The maximum Gasteiger partial charge on any atom is 0.0751 e. The van der Waals surface area contributed by atoms with E-state index >= 15 is 0 Å². The van der Waals surface area contributed by atoms with Crippen molar-refractivity contribution in [2.45, 2.75) is 18.9 Å². The SMILES string of the molecule is CCC1(N)CN=CC=C1N. The van der Waals surface area contributed by atoms with Gasteiger partial charge in [-0.3, -0.25) is 4.99 Å². The van der Waals surface area contributed by atoms with Crippen molar-refractivity contribution in [3.05, 3.63) is 11.8 Å². The predicted octanol–water partition coefficient (Wildman–Crippen LogP) is 0.0209. The smallest absolute Gasteiger partial charge is 0.0751 e. The van der Waals surface area contributed by atoms with Crippen LogP contribution < -0.4 is 11.5 Å². The van der Waals surface area contributed by atoms with E-state index in [2.05, 4.69) is 4.99 Å². The average molecular weight is 139 g/mol. The lowest BCUT2D eigenvalue weighted by molar-refractivity contribution is 0.485. The topological polar surface area (TPSA) is 64.4 Å². The Kier molecular flexibility index (Phi) is 1.76. The molecule has 0 bridgehead atoms. The lowest BCUT2D eigenvalue weighted by Crippen LogP contribution is -2.48. The molecule has 4 N–H and O–H groups in total. The van der Waals surface area contributed by atoms with Gasteiger partial charge in [0.1, 0.15) is 0 Å². The van der Waals surface area contributed by atoms with E-state index in [0.717, 1.165) is 12.1 Å². The van der Waals surface area contributed by atoms with Gasteiger partial charge in [0.05, 0.1) is 12.1 Å². The molecule has 3 nitrogen and oxygen atoms in total. The largest absolute Gasteiger partial charge is 0.400 e. The van der Waals surface area contributed by atoms with Crippen LogP contribution in [0, 0.1) is 0 Å². The fourth-order valence-electron chi connectivity index (χ4n) is 0.922. The number of aliphatic imine (C=N–C) groups is 1. The van der Waals surface area contributed by atoms with E-state index in [1.54, 1.807) is 12.3 Å². The number of nitrogens with zero attached hydrogens (tertiary/aromatic N) is 1. The predicted molar refractivity (Wildman–Crippen MR) is 42.8 cm³/mol. The van der Waals surface area contributed by atoms with Gasteiger partial charge < -0.3 is 11.5 Å². The number of nitrogens with two attached hydrogens (primary N) is 2. The third-order valence-electron chi connectivity index (χ3n) is 1.94. The van der Waals surface area contributed by atoms with Gasteiger partial charge in [-0.1, -0.05) is 6.92 Å². The standard InChI is InChI=1S/C7H13N3/c1-2-7(9)5-10-4-3-6(7)8/h3-4H,2,5,8-9H2,1H3. The molecule has 3 heteroatoms. The highest BCUT2D eigenvalue weighted by molar-refractivity contribution is 5.74. The molecule has 0 spiro atoms. The molecular weight excluding hydrogens is 126 g/mol. The quantitative estimate of drug-likeness (QED) is 0.538. The first-order valence-electron chi connectivity index (χ1n) is 3.44. The van der Waals surface area contributed by atoms with Crippen LogP contribution in [0.5, 0.6) is 0 Å². The first-order valence-corrected chi connectivity index (χ1v) is 3.44. The minimum absolute atomic E-state index is 0.380. The van der Waals surface area contributed by atoms with Gasteiger partial charge in [0, 0.05) is 11.9 Å². The van der Waals surface area contributed by atoms with Crippen LogP contribution in [0.1, 0.15) is 13.3 Å². The van der Waals surface area contributed by atoms with Crippen molar-refractivity contribution < 1.29 is 0 Å². The lowest BCUT2D eigenvalue weighted by Gasteiger charge is -2.28. The Hall–Kier alpha value is -0.830. The molecule has 0 saturated carbocycles. The molecule has 1 aliphatic rings. The van der Waals surface area contributed by atoms with Crippen molar-refractivity contribution in [3.8, 4) is 0 Å². The van der Waals surface area contributed by atoms with Crippen molar-refractivity contribution >= 4 is 6.21 Å². The fourth-order valence-corrected chi connectivity index (χ4v) is 0.922. The molecule has 0 aromatic carbocycles. The van der Waals surface area contributed by atoms with E-state index in [9.17, 15) is 0 Å². The highest BCUT2D eigenvalue weighted by Gasteiger charge is 2.26. The summed E-state index contributed by atoms with van der Waals surface area (Å²) in [5.74, 6) is 0. The third-order valence-corrected chi connectivity index (χ3v) is 1.94. The van der Waals surface area contributed by atoms with Crippen LogP contribution >= 0.6 is 0 Å². The molecule has 0 aromatic rings. The molecule has 1 rings (SSSR count). The molecule has 1 heterocycles. The molecule has 0 fully saturated rings. The first kappa shape index (κ1) is 7.28. The molecule has 56 valence electrons. The van der Waals surface area contributed by atoms with Gasteiger partial charge in [-0.25, -0.2) is 0 Å². The molecule has 0 saturated heterocycles. The summed E-state index contributed by atoms with van der Waals surface area (Å²) in [6, 6.07) is 0. The van der Waals surface area contributed by atoms with E-state index in [1.165, 1.54) is 0 Å². The molecule has 0 aliphatic carbocycles. The van der Waals surface area contributed by atoms with Gasteiger partial charge in [-0.05, 0) is 12.5 Å². The Labute approximate surface area is 60.8 Å². The number of rotatable bonds is 1. The van der Waals surface area contributed by atoms with Crippen molar-refractivity contribution in [1.82, 2.24) is 0 Å². The number of dihydropyridines is 1. The molecule has 1 unspecified atom stereocenters. The first-order chi connectivity index (χ1) is 4.69. The molecule has 0 aromatic heterocycles. The number of hydrogen-bond donors (Lipinski definition) is 2. The number of allylic oxidation sites excluding steroid dienone is 1. The van der Waals surface area contributed by atoms with Crippen LogP contribution in [0.3, 0.4) is 0 Å². The number of hydrogen-bond acceptors (Lipinski definition) is 3. The van der Waals surface area contributed by atoms with Gasteiger partial charge in [0.2, 0.25) is 0 Å². The lowest BCUT2D eigenvalue weighted by atomic mass is 9.92. The Balaban J connectivity index is 2.81. The molecule has 0 radical (unpaired) electrons. The zero-order valence-corrected chi connectivity index (χ0v) is 6.17. The molecule has 1 aliphatic heterocycles. The van der Waals surface area contributed by atoms with E-state index in [4.69, 9.17) is 11.5 Å². The normalized spacial score (nSPS) is 32.0. The van der Waals surface area contributed by atoms with Crippen LogP contribution in [0.4, 0.5) is 0 Å². The summed E-state index contributed by atoms with van der Waals surface area (Å²) in [4.78, 5) is 4.05. The van der Waals surface area contributed by atoms with Gasteiger partial charge in [-0.2, -0.15) is 0 Å². The zero-order chi connectivity index (χ0) is 7.61. The second-order valence-corrected chi connectivity index (χ2v) is 2.62. The van der Waals surface area contributed by atoms with E-state index < -0.39 is 0 Å². The molecule has 0 amide bonds. The Bertz CT molecular complexity index is 183. The second-order valence-electron chi connectivity index (χ2n) is 2.62. The van der Waals surface area contributed by atoms with Crippen LogP contribution in [0.2, 0.25) is 0 Å². The van der Waals surface area contributed by atoms with Crippen LogP contribution in [-0.4, -0.2) is 18.3 Å². The van der Waals surface area contributed by atoms with Crippen LogP contribution in [0.15, 0.2) is 16.8 Å². The summed E-state index contributed by atoms with van der Waals surface area (Å²) in [6.07, 6.45) is 4.32. The van der Waals surface area contributed by atoms with Crippen molar-refractivity contribution in [2.75, 3.05) is 6.54 Å². The van der Waals surface area contributed by atoms with Crippen molar-refractivity contribution in [3.63, 3.8) is 0 Å². The van der Waals surface area contributed by atoms with Crippen LogP contribution in [-0.2, 0) is 0 Å².